The molecular formula is C19H21F3N4O. The number of carbonyl (C=O) groups excluding carboxylic acids is 1. The summed E-state index contributed by atoms with van der Waals surface area (Å²) in [5.74, 6) is -2.81. The maximum atomic E-state index is 14.4. The molecule has 1 aliphatic rings. The van der Waals surface area contributed by atoms with Crippen LogP contribution in [-0.4, -0.2) is 23.4 Å². The third-order valence-corrected chi connectivity index (χ3v) is 4.37. The Hall–Kier alpha value is -3.03. The Morgan fingerprint density at radius 2 is 1.74 bits per heavy atom. The minimum Gasteiger partial charge on any atom is -0.370 e. The quantitative estimate of drug-likeness (QED) is 0.586. The van der Waals surface area contributed by atoms with Gasteiger partial charge in [-0.05, 0) is 34.9 Å². The van der Waals surface area contributed by atoms with E-state index in [-0.39, 0.29) is 31.6 Å². The number of rotatable bonds is 1. The fourth-order valence-electron chi connectivity index (χ4n) is 3.33. The number of nitrogens with zero attached hydrogens (tertiary/aromatic N) is 2. The molecule has 1 atom stereocenters. The lowest BCUT2D eigenvalue weighted by Crippen LogP contribution is -2.38. The van der Waals surface area contributed by atoms with Gasteiger partial charge in [-0.2, -0.15) is 4.99 Å². The number of halogens is 3. The fraction of sp³-hybridized carbons (Fsp3) is 0.263. The second-order valence-electron chi connectivity index (χ2n) is 6.18. The van der Waals surface area contributed by atoms with Crippen molar-refractivity contribution in [3.05, 3.63) is 58.9 Å². The van der Waals surface area contributed by atoms with Crippen LogP contribution >= 0.6 is 0 Å². The van der Waals surface area contributed by atoms with Gasteiger partial charge in [-0.25, -0.2) is 18.0 Å². The Balaban J connectivity index is 0.00000261. The highest BCUT2D eigenvalue weighted by Gasteiger charge is 2.31. The summed E-state index contributed by atoms with van der Waals surface area (Å²) in [6.45, 7) is 1.84. The Morgan fingerprint density at radius 1 is 1.11 bits per heavy atom. The van der Waals surface area contributed by atoms with Crippen molar-refractivity contribution in [1.82, 2.24) is 4.90 Å². The molecule has 4 N–H and O–H groups in total. The highest BCUT2D eigenvalue weighted by Crippen LogP contribution is 2.38. The number of amides is 2. The zero-order valence-corrected chi connectivity index (χ0v) is 14.0. The van der Waals surface area contributed by atoms with Crippen LogP contribution in [0.25, 0.3) is 11.1 Å². The lowest BCUT2D eigenvalue weighted by molar-refractivity contribution is 0.197. The largest absolute Gasteiger partial charge is 0.370 e. The Labute approximate surface area is 155 Å². The predicted molar refractivity (Wildman–Crippen MR) is 98.5 cm³/mol. The molecule has 0 bridgehead atoms. The van der Waals surface area contributed by atoms with Crippen molar-refractivity contribution in [3.63, 3.8) is 0 Å². The van der Waals surface area contributed by atoms with Crippen molar-refractivity contribution in [3.8, 4) is 11.1 Å². The molecule has 0 saturated carbocycles. The summed E-state index contributed by atoms with van der Waals surface area (Å²) < 4.78 is 42.9. The first-order chi connectivity index (χ1) is 12.3. The van der Waals surface area contributed by atoms with Gasteiger partial charge in [0.1, 0.15) is 17.5 Å². The van der Waals surface area contributed by atoms with Crippen LogP contribution in [0.5, 0.6) is 0 Å². The molecule has 144 valence electrons. The number of hydrogen-bond acceptors (Lipinski definition) is 1. The molecule has 1 unspecified atom stereocenters. The summed E-state index contributed by atoms with van der Waals surface area (Å²) in [6.07, 6.45) is 0. The molecule has 1 heterocycles. The molecule has 0 fully saturated rings. The summed E-state index contributed by atoms with van der Waals surface area (Å²) in [4.78, 5) is 17.0. The number of aliphatic imine (C=N–C) groups is 1. The molecule has 0 aromatic heterocycles. The van der Waals surface area contributed by atoms with Gasteiger partial charge in [-0.1, -0.05) is 26.5 Å². The van der Waals surface area contributed by atoms with E-state index >= 15 is 0 Å². The summed E-state index contributed by atoms with van der Waals surface area (Å²) >= 11 is 0. The van der Waals surface area contributed by atoms with E-state index in [1.165, 1.54) is 23.1 Å². The predicted octanol–water partition coefficient (Wildman–Crippen LogP) is 3.72. The molecule has 0 saturated heterocycles. The lowest BCUT2D eigenvalue weighted by atomic mass is 9.85. The topological polar surface area (TPSA) is 84.7 Å². The molecule has 2 aromatic carbocycles. The fourth-order valence-corrected chi connectivity index (χ4v) is 3.33. The molecule has 5 nitrogen and oxygen atoms in total. The van der Waals surface area contributed by atoms with E-state index in [4.69, 9.17) is 11.5 Å². The van der Waals surface area contributed by atoms with Crippen LogP contribution in [0.2, 0.25) is 0 Å². The number of benzene rings is 2. The van der Waals surface area contributed by atoms with Crippen molar-refractivity contribution in [2.45, 2.75) is 26.8 Å². The third-order valence-electron chi connectivity index (χ3n) is 4.37. The van der Waals surface area contributed by atoms with Crippen molar-refractivity contribution < 1.29 is 18.0 Å². The van der Waals surface area contributed by atoms with Gasteiger partial charge in [0, 0.05) is 19.0 Å². The minimum absolute atomic E-state index is 0. The van der Waals surface area contributed by atoms with Crippen LogP contribution < -0.4 is 11.5 Å². The third kappa shape index (κ3) is 3.74. The number of fused-ring (bicyclic) bond motifs is 1. The molecule has 8 heteroatoms. The number of guanidine groups is 1. The van der Waals surface area contributed by atoms with Crippen molar-refractivity contribution in [2.24, 2.45) is 16.5 Å². The number of nitrogens with two attached hydrogens (primary N) is 2. The average Bonchev–Trinajstić information content (AvgIpc) is 2.55. The van der Waals surface area contributed by atoms with Gasteiger partial charge < -0.3 is 16.4 Å². The van der Waals surface area contributed by atoms with Crippen molar-refractivity contribution >= 4 is 12.0 Å². The normalized spacial score (nSPS) is 15.6. The van der Waals surface area contributed by atoms with E-state index in [0.29, 0.717) is 11.1 Å². The van der Waals surface area contributed by atoms with Gasteiger partial charge >= 0.3 is 6.03 Å². The molecular weight excluding hydrogens is 357 g/mol. The molecule has 0 spiro atoms. The zero-order chi connectivity index (χ0) is 19.0. The molecule has 0 aliphatic carbocycles. The second kappa shape index (κ2) is 7.69. The van der Waals surface area contributed by atoms with Crippen molar-refractivity contribution in [2.75, 3.05) is 6.54 Å². The number of carbonyl (C=O) groups is 1. The minimum atomic E-state index is -0.765. The maximum Gasteiger partial charge on any atom is 0.347 e. The van der Waals surface area contributed by atoms with Crippen LogP contribution in [0.4, 0.5) is 18.0 Å². The van der Waals surface area contributed by atoms with Crippen LogP contribution in [0.3, 0.4) is 0 Å². The Kier molecular flexibility index (Phi) is 5.78. The standard InChI is InChI=1S/C18H17F3N4O.CH4/c1-9-7-25(18(26)24-17(22)23)8-11-10(5-6-14(21)15(9)11)16-12(19)3-2-4-13(16)20;/h2-6,9H,7-8H2,1H3,(H4,22,23,24,26);1H4. The van der Waals surface area contributed by atoms with Crippen LogP contribution in [0, 0.1) is 17.5 Å². The smallest absolute Gasteiger partial charge is 0.347 e. The first-order valence-corrected chi connectivity index (χ1v) is 7.93. The van der Waals surface area contributed by atoms with Gasteiger partial charge in [0.2, 0.25) is 0 Å². The number of hydrogen-bond donors (Lipinski definition) is 2. The highest BCUT2D eigenvalue weighted by molar-refractivity contribution is 5.90. The second-order valence-corrected chi connectivity index (χ2v) is 6.18. The van der Waals surface area contributed by atoms with E-state index in [1.807, 2.05) is 0 Å². The first-order valence-electron chi connectivity index (χ1n) is 7.93. The summed E-state index contributed by atoms with van der Waals surface area (Å²) in [5.41, 5.74) is 11.1. The van der Waals surface area contributed by atoms with E-state index in [9.17, 15) is 18.0 Å². The molecule has 0 radical (unpaired) electrons. The van der Waals surface area contributed by atoms with E-state index in [1.54, 1.807) is 6.92 Å². The van der Waals surface area contributed by atoms with E-state index in [2.05, 4.69) is 4.99 Å². The molecule has 2 amide bonds. The van der Waals surface area contributed by atoms with E-state index < -0.39 is 35.4 Å². The van der Waals surface area contributed by atoms with Gasteiger partial charge in [0.15, 0.2) is 5.96 Å². The highest BCUT2D eigenvalue weighted by atomic mass is 19.1. The molecule has 3 rings (SSSR count). The average molecular weight is 378 g/mol. The molecule has 2 aromatic rings. The van der Waals surface area contributed by atoms with Gasteiger partial charge in [-0.15, -0.1) is 0 Å². The van der Waals surface area contributed by atoms with Gasteiger partial charge in [0.25, 0.3) is 0 Å². The summed E-state index contributed by atoms with van der Waals surface area (Å²) in [5, 5.41) is 0. The lowest BCUT2D eigenvalue weighted by Gasteiger charge is -2.33. The molecule has 1 aliphatic heterocycles. The maximum absolute atomic E-state index is 14.4. The van der Waals surface area contributed by atoms with Gasteiger partial charge in [-0.3, -0.25) is 0 Å². The van der Waals surface area contributed by atoms with Crippen LogP contribution in [0.1, 0.15) is 31.4 Å². The van der Waals surface area contributed by atoms with Gasteiger partial charge in [0.05, 0.1) is 5.56 Å². The summed E-state index contributed by atoms with van der Waals surface area (Å²) in [6, 6.07) is 5.32. The summed E-state index contributed by atoms with van der Waals surface area (Å²) in [7, 11) is 0. The van der Waals surface area contributed by atoms with Crippen LogP contribution in [-0.2, 0) is 6.54 Å². The Bertz CT molecular complexity index is 890. The SMILES string of the molecule is C.CC1CN(C(=O)N=C(N)N)Cc2c(-c3c(F)cccc3F)ccc(F)c21. The van der Waals surface area contributed by atoms with Crippen molar-refractivity contribution in [1.29, 1.82) is 0 Å². The zero-order valence-electron chi connectivity index (χ0n) is 14.0. The Morgan fingerprint density at radius 3 is 2.33 bits per heavy atom. The molecule has 27 heavy (non-hydrogen) atoms. The number of urea groups is 1. The first kappa shape index (κ1) is 20.3. The van der Waals surface area contributed by atoms with E-state index in [0.717, 1.165) is 12.1 Å². The van der Waals surface area contributed by atoms with Crippen LogP contribution in [0.15, 0.2) is 35.3 Å². The monoisotopic (exact) mass is 378 g/mol.